The van der Waals surface area contributed by atoms with Crippen molar-refractivity contribution < 1.29 is 9.53 Å². The first-order valence-electron chi connectivity index (χ1n) is 7.48. The Morgan fingerprint density at radius 1 is 1.33 bits per heavy atom. The Morgan fingerprint density at radius 3 is 2.90 bits per heavy atom. The quantitative estimate of drug-likeness (QED) is 0.728. The molecule has 0 radical (unpaired) electrons. The molecule has 21 heavy (non-hydrogen) atoms. The minimum atomic E-state index is -0.451. The number of carbonyl (C=O) groups excluding carboxylic acids is 1. The highest BCUT2D eigenvalue weighted by molar-refractivity contribution is 5.67. The van der Waals surface area contributed by atoms with E-state index in [1.54, 1.807) is 0 Å². The first-order chi connectivity index (χ1) is 9.96. The van der Waals surface area contributed by atoms with Crippen molar-refractivity contribution in [3.8, 4) is 0 Å². The van der Waals surface area contributed by atoms with Gasteiger partial charge in [-0.25, -0.2) is 4.79 Å². The highest BCUT2D eigenvalue weighted by Crippen LogP contribution is 2.25. The van der Waals surface area contributed by atoms with Crippen LogP contribution in [0.3, 0.4) is 0 Å². The number of hydrogen-bond donors (Lipinski definition) is 3. The SMILES string of the molecule is CC(C)(C)OC(=O)NCCNCc1cccc2c1NCC2. The fourth-order valence-corrected chi connectivity index (χ4v) is 2.35. The molecule has 0 bridgehead atoms. The fourth-order valence-electron chi connectivity index (χ4n) is 2.35. The first-order valence-corrected chi connectivity index (χ1v) is 7.48. The Kier molecular flexibility index (Phi) is 5.07. The van der Waals surface area contributed by atoms with Crippen LogP contribution in [0, 0.1) is 0 Å². The molecule has 1 heterocycles. The number of ether oxygens (including phenoxy) is 1. The van der Waals surface area contributed by atoms with Crippen molar-refractivity contribution in [3.05, 3.63) is 29.3 Å². The fraction of sp³-hybridized carbons (Fsp3) is 0.562. The van der Waals surface area contributed by atoms with Gasteiger partial charge in [0.25, 0.3) is 0 Å². The molecule has 0 unspecified atom stereocenters. The van der Waals surface area contributed by atoms with Crippen molar-refractivity contribution in [2.45, 2.75) is 39.3 Å². The Hall–Kier alpha value is -1.75. The van der Waals surface area contributed by atoms with Crippen LogP contribution >= 0.6 is 0 Å². The van der Waals surface area contributed by atoms with Gasteiger partial charge in [-0.2, -0.15) is 0 Å². The molecule has 1 aromatic rings. The molecule has 1 aliphatic rings. The lowest BCUT2D eigenvalue weighted by Crippen LogP contribution is -2.36. The normalized spacial score (nSPS) is 13.5. The second kappa shape index (κ2) is 6.80. The maximum atomic E-state index is 11.5. The van der Waals surface area contributed by atoms with E-state index in [-0.39, 0.29) is 6.09 Å². The summed E-state index contributed by atoms with van der Waals surface area (Å²) < 4.78 is 5.18. The minimum absolute atomic E-state index is 0.369. The van der Waals surface area contributed by atoms with E-state index >= 15 is 0 Å². The maximum absolute atomic E-state index is 11.5. The summed E-state index contributed by atoms with van der Waals surface area (Å²) in [7, 11) is 0. The molecule has 116 valence electrons. The van der Waals surface area contributed by atoms with Crippen molar-refractivity contribution in [2.24, 2.45) is 0 Å². The van der Waals surface area contributed by atoms with E-state index in [2.05, 4.69) is 34.1 Å². The van der Waals surface area contributed by atoms with Gasteiger partial charge in [0.1, 0.15) is 5.60 Å². The lowest BCUT2D eigenvalue weighted by molar-refractivity contribution is 0.0528. The highest BCUT2D eigenvalue weighted by Gasteiger charge is 2.15. The van der Waals surface area contributed by atoms with E-state index in [4.69, 9.17) is 4.74 Å². The lowest BCUT2D eigenvalue weighted by Gasteiger charge is -2.19. The molecular weight excluding hydrogens is 266 g/mol. The summed E-state index contributed by atoms with van der Waals surface area (Å²) in [5.74, 6) is 0. The molecule has 5 nitrogen and oxygen atoms in total. The van der Waals surface area contributed by atoms with Crippen LogP contribution in [0.2, 0.25) is 0 Å². The summed E-state index contributed by atoms with van der Waals surface area (Å²) >= 11 is 0. The summed E-state index contributed by atoms with van der Waals surface area (Å²) in [5, 5.41) is 9.50. The summed E-state index contributed by atoms with van der Waals surface area (Å²) in [6.07, 6.45) is 0.732. The zero-order chi connectivity index (χ0) is 15.3. The standard InChI is InChI=1S/C16H25N3O2/c1-16(2,3)21-15(20)19-10-9-17-11-13-6-4-5-12-7-8-18-14(12)13/h4-6,17-18H,7-11H2,1-3H3,(H,19,20). The highest BCUT2D eigenvalue weighted by atomic mass is 16.6. The number of para-hydroxylation sites is 1. The van der Waals surface area contributed by atoms with Gasteiger partial charge in [-0.05, 0) is 38.3 Å². The number of hydrogen-bond acceptors (Lipinski definition) is 4. The molecule has 0 saturated carbocycles. The van der Waals surface area contributed by atoms with Gasteiger partial charge in [0.15, 0.2) is 0 Å². The Morgan fingerprint density at radius 2 is 2.14 bits per heavy atom. The zero-order valence-corrected chi connectivity index (χ0v) is 13.1. The molecule has 1 amide bonds. The van der Waals surface area contributed by atoms with Gasteiger partial charge in [-0.3, -0.25) is 0 Å². The smallest absolute Gasteiger partial charge is 0.407 e. The average Bonchev–Trinajstić information content (AvgIpc) is 2.85. The van der Waals surface area contributed by atoms with Crippen LogP contribution in [-0.4, -0.2) is 31.3 Å². The van der Waals surface area contributed by atoms with Crippen molar-refractivity contribution in [1.82, 2.24) is 10.6 Å². The lowest BCUT2D eigenvalue weighted by atomic mass is 10.1. The average molecular weight is 291 g/mol. The van der Waals surface area contributed by atoms with Crippen LogP contribution in [0.25, 0.3) is 0 Å². The second-order valence-corrected chi connectivity index (χ2v) is 6.23. The van der Waals surface area contributed by atoms with Crippen LogP contribution in [-0.2, 0) is 17.7 Å². The van der Waals surface area contributed by atoms with E-state index in [1.165, 1.54) is 16.8 Å². The van der Waals surface area contributed by atoms with Gasteiger partial charge < -0.3 is 20.7 Å². The number of alkyl carbamates (subject to hydrolysis) is 1. The van der Waals surface area contributed by atoms with Crippen LogP contribution in [0.4, 0.5) is 10.5 Å². The zero-order valence-electron chi connectivity index (χ0n) is 13.1. The molecular formula is C16H25N3O2. The van der Waals surface area contributed by atoms with Gasteiger partial charge in [0.2, 0.25) is 0 Å². The molecule has 5 heteroatoms. The number of nitrogens with one attached hydrogen (secondary N) is 3. The van der Waals surface area contributed by atoms with Gasteiger partial charge in [-0.1, -0.05) is 18.2 Å². The third-order valence-corrected chi connectivity index (χ3v) is 3.22. The Bertz CT molecular complexity index is 495. The van der Waals surface area contributed by atoms with E-state index < -0.39 is 5.60 Å². The van der Waals surface area contributed by atoms with Gasteiger partial charge in [-0.15, -0.1) is 0 Å². The predicted molar refractivity (Wildman–Crippen MR) is 84.6 cm³/mol. The monoisotopic (exact) mass is 291 g/mol. The van der Waals surface area contributed by atoms with Gasteiger partial charge in [0.05, 0.1) is 0 Å². The van der Waals surface area contributed by atoms with Crippen LogP contribution in [0.1, 0.15) is 31.9 Å². The molecule has 0 spiro atoms. The van der Waals surface area contributed by atoms with E-state index in [1.807, 2.05) is 20.8 Å². The second-order valence-electron chi connectivity index (χ2n) is 6.23. The van der Waals surface area contributed by atoms with Crippen molar-refractivity contribution >= 4 is 11.8 Å². The van der Waals surface area contributed by atoms with E-state index in [9.17, 15) is 4.79 Å². The molecule has 0 saturated heterocycles. The topological polar surface area (TPSA) is 62.4 Å². The Labute approximate surface area is 126 Å². The molecule has 0 fully saturated rings. The van der Waals surface area contributed by atoms with E-state index in [0.717, 1.165) is 19.5 Å². The van der Waals surface area contributed by atoms with Crippen molar-refractivity contribution in [3.63, 3.8) is 0 Å². The third kappa shape index (κ3) is 4.93. The molecule has 1 aromatic carbocycles. The molecule has 2 rings (SSSR count). The maximum Gasteiger partial charge on any atom is 0.407 e. The minimum Gasteiger partial charge on any atom is -0.444 e. The van der Waals surface area contributed by atoms with Crippen LogP contribution in [0.15, 0.2) is 18.2 Å². The van der Waals surface area contributed by atoms with Gasteiger partial charge >= 0.3 is 6.09 Å². The van der Waals surface area contributed by atoms with E-state index in [0.29, 0.717) is 13.1 Å². The first kappa shape index (κ1) is 15.6. The number of amides is 1. The van der Waals surface area contributed by atoms with Crippen molar-refractivity contribution in [1.29, 1.82) is 0 Å². The molecule has 3 N–H and O–H groups in total. The molecule has 0 aromatic heterocycles. The van der Waals surface area contributed by atoms with Crippen LogP contribution in [0.5, 0.6) is 0 Å². The van der Waals surface area contributed by atoms with Crippen LogP contribution < -0.4 is 16.0 Å². The number of anilines is 1. The number of carbonyl (C=O) groups is 1. The summed E-state index contributed by atoms with van der Waals surface area (Å²) in [6, 6.07) is 6.40. The molecule has 0 atom stereocenters. The summed E-state index contributed by atoms with van der Waals surface area (Å²) in [5.41, 5.74) is 3.49. The number of rotatable bonds is 5. The van der Waals surface area contributed by atoms with Crippen molar-refractivity contribution in [2.75, 3.05) is 25.0 Å². The third-order valence-electron chi connectivity index (χ3n) is 3.22. The van der Waals surface area contributed by atoms with Gasteiger partial charge in [0, 0.05) is 31.9 Å². The molecule has 1 aliphatic heterocycles. The summed E-state index contributed by atoms with van der Waals surface area (Å²) in [4.78, 5) is 11.5. The number of benzene rings is 1. The molecule has 0 aliphatic carbocycles. The largest absolute Gasteiger partial charge is 0.444 e. The predicted octanol–water partition coefficient (Wildman–Crippen LogP) is 2.27. The summed E-state index contributed by atoms with van der Waals surface area (Å²) in [6.45, 7) is 8.65. The Balaban J connectivity index is 1.67. The number of fused-ring (bicyclic) bond motifs is 1.